The van der Waals surface area contributed by atoms with E-state index in [9.17, 15) is 8.42 Å². The van der Waals surface area contributed by atoms with Crippen molar-refractivity contribution in [3.63, 3.8) is 0 Å². The normalized spacial score (nSPS) is 31.3. The molecule has 0 aromatic rings. The van der Waals surface area contributed by atoms with Gasteiger partial charge in [-0.1, -0.05) is 6.92 Å². The number of hydrogen-bond acceptors (Lipinski definition) is 4. The van der Waals surface area contributed by atoms with E-state index >= 15 is 0 Å². The average molecular weight is 290 g/mol. The smallest absolute Gasteiger partial charge is 0.219 e. The standard InChI is InChI=1S/C13H26N2O3S/c1-4-12-8-14-7-5-6-13(14)9-15(12)19(16,17)11(2)10-18-3/h11-13H,4-10H2,1-3H3/t11-,12+,13+/m0/s1. The van der Waals surface area contributed by atoms with E-state index in [4.69, 9.17) is 4.74 Å². The summed E-state index contributed by atoms with van der Waals surface area (Å²) in [5.41, 5.74) is 0. The monoisotopic (exact) mass is 290 g/mol. The molecular formula is C13H26N2O3S. The van der Waals surface area contributed by atoms with Gasteiger partial charge in [-0.25, -0.2) is 8.42 Å². The van der Waals surface area contributed by atoms with Crippen LogP contribution in [0.2, 0.25) is 0 Å². The molecule has 0 N–H and O–H groups in total. The van der Waals surface area contributed by atoms with Gasteiger partial charge in [0, 0.05) is 32.3 Å². The van der Waals surface area contributed by atoms with Gasteiger partial charge in [-0.3, -0.25) is 4.90 Å². The Labute approximate surface area is 117 Å². The van der Waals surface area contributed by atoms with Gasteiger partial charge in [0.05, 0.1) is 11.9 Å². The molecule has 2 heterocycles. The minimum atomic E-state index is -3.24. The van der Waals surface area contributed by atoms with Crippen LogP contribution in [0.5, 0.6) is 0 Å². The van der Waals surface area contributed by atoms with Crippen LogP contribution in [0, 0.1) is 0 Å². The maximum atomic E-state index is 12.7. The van der Waals surface area contributed by atoms with Crippen molar-refractivity contribution < 1.29 is 13.2 Å². The van der Waals surface area contributed by atoms with Crippen molar-refractivity contribution in [3.05, 3.63) is 0 Å². The second-order valence-corrected chi connectivity index (χ2v) is 8.04. The molecule has 0 radical (unpaired) electrons. The number of ether oxygens (including phenoxy) is 1. The molecule has 5 nitrogen and oxygen atoms in total. The van der Waals surface area contributed by atoms with Crippen molar-refractivity contribution in [1.82, 2.24) is 9.21 Å². The Hall–Kier alpha value is -0.170. The van der Waals surface area contributed by atoms with Crippen molar-refractivity contribution in [2.45, 2.75) is 50.4 Å². The SMILES string of the molecule is CC[C@@H]1CN2CCC[C@@H]2CN1S(=O)(=O)[C@@H](C)COC. The predicted molar refractivity (Wildman–Crippen MR) is 75.6 cm³/mol. The molecule has 0 spiro atoms. The topological polar surface area (TPSA) is 49.9 Å². The number of sulfonamides is 1. The predicted octanol–water partition coefficient (Wildman–Crippen LogP) is 0.910. The minimum absolute atomic E-state index is 0.124. The van der Waals surface area contributed by atoms with Gasteiger partial charge in [-0.2, -0.15) is 4.31 Å². The van der Waals surface area contributed by atoms with E-state index in [0.717, 1.165) is 25.9 Å². The van der Waals surface area contributed by atoms with E-state index in [1.54, 1.807) is 18.3 Å². The van der Waals surface area contributed by atoms with Crippen molar-refractivity contribution >= 4 is 10.0 Å². The Morgan fingerprint density at radius 1 is 1.37 bits per heavy atom. The second kappa shape index (κ2) is 6.08. The van der Waals surface area contributed by atoms with Crippen LogP contribution in [-0.2, 0) is 14.8 Å². The first-order valence-electron chi connectivity index (χ1n) is 7.24. The van der Waals surface area contributed by atoms with Crippen LogP contribution in [0.3, 0.4) is 0 Å². The van der Waals surface area contributed by atoms with Gasteiger partial charge in [0.1, 0.15) is 0 Å². The van der Waals surface area contributed by atoms with E-state index < -0.39 is 15.3 Å². The Kier molecular flexibility index (Phi) is 4.87. The minimum Gasteiger partial charge on any atom is -0.383 e. The molecule has 2 saturated heterocycles. The highest BCUT2D eigenvalue weighted by molar-refractivity contribution is 7.89. The molecule has 19 heavy (non-hydrogen) atoms. The maximum absolute atomic E-state index is 12.7. The third-order valence-corrected chi connectivity index (χ3v) is 6.70. The van der Waals surface area contributed by atoms with E-state index in [1.807, 2.05) is 0 Å². The van der Waals surface area contributed by atoms with Crippen molar-refractivity contribution in [2.24, 2.45) is 0 Å². The summed E-state index contributed by atoms with van der Waals surface area (Å²) in [6.07, 6.45) is 3.20. The molecular weight excluding hydrogens is 264 g/mol. The summed E-state index contributed by atoms with van der Waals surface area (Å²) >= 11 is 0. The maximum Gasteiger partial charge on any atom is 0.219 e. The van der Waals surface area contributed by atoms with Crippen LogP contribution in [0.15, 0.2) is 0 Å². The zero-order valence-electron chi connectivity index (χ0n) is 12.2. The Balaban J connectivity index is 2.16. The molecule has 2 rings (SSSR count). The number of hydrogen-bond donors (Lipinski definition) is 0. The molecule has 2 fully saturated rings. The molecule has 0 amide bonds. The number of fused-ring (bicyclic) bond motifs is 1. The largest absolute Gasteiger partial charge is 0.383 e. The fourth-order valence-electron chi connectivity index (χ4n) is 3.26. The summed E-state index contributed by atoms with van der Waals surface area (Å²) < 4.78 is 32.1. The first kappa shape index (κ1) is 15.2. The summed E-state index contributed by atoms with van der Waals surface area (Å²) in [6, 6.07) is 0.547. The molecule has 0 bridgehead atoms. The van der Waals surface area contributed by atoms with Gasteiger partial charge in [0.25, 0.3) is 0 Å². The number of nitrogens with zero attached hydrogens (tertiary/aromatic N) is 2. The Morgan fingerprint density at radius 3 is 2.74 bits per heavy atom. The summed E-state index contributed by atoms with van der Waals surface area (Å²) in [4.78, 5) is 2.46. The quantitative estimate of drug-likeness (QED) is 0.755. The van der Waals surface area contributed by atoms with Gasteiger partial charge < -0.3 is 4.74 Å². The van der Waals surface area contributed by atoms with Crippen molar-refractivity contribution in [1.29, 1.82) is 0 Å². The lowest BCUT2D eigenvalue weighted by Crippen LogP contribution is -2.59. The molecule has 0 aromatic carbocycles. The van der Waals surface area contributed by atoms with Gasteiger partial charge in [0.2, 0.25) is 10.0 Å². The van der Waals surface area contributed by atoms with Crippen LogP contribution in [0.1, 0.15) is 33.1 Å². The molecule has 112 valence electrons. The first-order chi connectivity index (χ1) is 9.00. The molecule has 2 aliphatic heterocycles. The third kappa shape index (κ3) is 2.96. The number of piperazine rings is 1. The molecule has 0 aromatic heterocycles. The molecule has 0 unspecified atom stereocenters. The van der Waals surface area contributed by atoms with E-state index in [2.05, 4.69) is 11.8 Å². The average Bonchev–Trinajstić information content (AvgIpc) is 2.84. The molecule has 2 aliphatic rings. The zero-order valence-corrected chi connectivity index (χ0v) is 13.0. The molecule has 6 heteroatoms. The van der Waals surface area contributed by atoms with Gasteiger partial charge in [0.15, 0.2) is 0 Å². The lowest BCUT2D eigenvalue weighted by molar-refractivity contribution is 0.104. The fraction of sp³-hybridized carbons (Fsp3) is 1.00. The van der Waals surface area contributed by atoms with Crippen LogP contribution < -0.4 is 0 Å². The highest BCUT2D eigenvalue weighted by Gasteiger charge is 2.42. The second-order valence-electron chi connectivity index (χ2n) is 5.73. The fourth-order valence-corrected chi connectivity index (χ4v) is 5.04. The van der Waals surface area contributed by atoms with Crippen molar-refractivity contribution in [2.75, 3.05) is 33.4 Å². The van der Waals surface area contributed by atoms with E-state index in [-0.39, 0.29) is 12.6 Å². The lowest BCUT2D eigenvalue weighted by Gasteiger charge is -2.43. The summed E-state index contributed by atoms with van der Waals surface area (Å²) in [5.74, 6) is 0. The Bertz CT molecular complexity index is 399. The van der Waals surface area contributed by atoms with Crippen LogP contribution >= 0.6 is 0 Å². The van der Waals surface area contributed by atoms with E-state index in [0.29, 0.717) is 12.6 Å². The summed E-state index contributed by atoms with van der Waals surface area (Å²) in [7, 11) is -1.69. The van der Waals surface area contributed by atoms with Crippen LogP contribution in [0.4, 0.5) is 0 Å². The first-order valence-corrected chi connectivity index (χ1v) is 8.74. The van der Waals surface area contributed by atoms with Crippen LogP contribution in [-0.4, -0.2) is 68.3 Å². The van der Waals surface area contributed by atoms with E-state index in [1.165, 1.54) is 6.42 Å². The molecule has 3 atom stereocenters. The molecule has 0 aliphatic carbocycles. The lowest BCUT2D eigenvalue weighted by atomic mass is 10.1. The third-order valence-electron chi connectivity index (χ3n) is 4.45. The summed E-state index contributed by atoms with van der Waals surface area (Å²) in [5, 5.41) is -0.459. The van der Waals surface area contributed by atoms with Crippen molar-refractivity contribution in [3.8, 4) is 0 Å². The van der Waals surface area contributed by atoms with Gasteiger partial charge >= 0.3 is 0 Å². The molecule has 0 saturated carbocycles. The van der Waals surface area contributed by atoms with Crippen LogP contribution in [0.25, 0.3) is 0 Å². The zero-order chi connectivity index (χ0) is 14.0. The highest BCUT2D eigenvalue weighted by atomic mass is 32.2. The number of methoxy groups -OCH3 is 1. The summed E-state index contributed by atoms with van der Waals surface area (Å²) in [6.45, 7) is 6.76. The van der Waals surface area contributed by atoms with Gasteiger partial charge in [-0.05, 0) is 32.7 Å². The Morgan fingerprint density at radius 2 is 2.11 bits per heavy atom. The van der Waals surface area contributed by atoms with Gasteiger partial charge in [-0.15, -0.1) is 0 Å². The highest BCUT2D eigenvalue weighted by Crippen LogP contribution is 2.29. The number of rotatable bonds is 5.